The molecule has 0 aliphatic rings. The van der Waals surface area contributed by atoms with Gasteiger partial charge in [0.2, 0.25) is 0 Å². The molecule has 0 aromatic heterocycles. The van der Waals surface area contributed by atoms with Crippen LogP contribution in [0.5, 0.6) is 5.75 Å². The van der Waals surface area contributed by atoms with E-state index in [-0.39, 0.29) is 5.75 Å². The van der Waals surface area contributed by atoms with Crippen LogP contribution >= 0.6 is 0 Å². The molecule has 7 heteroatoms. The number of halogens is 3. The zero-order chi connectivity index (χ0) is 16.4. The third kappa shape index (κ3) is 3.35. The lowest BCUT2D eigenvalue weighted by molar-refractivity contribution is -0.0499. The van der Waals surface area contributed by atoms with Crippen molar-refractivity contribution in [1.82, 2.24) is 0 Å². The van der Waals surface area contributed by atoms with E-state index < -0.39 is 15.6 Å². The molecule has 0 amide bonds. The molecule has 0 unspecified atom stereocenters. The van der Waals surface area contributed by atoms with Crippen molar-refractivity contribution in [3.05, 3.63) is 42.0 Å². The molecule has 22 heavy (non-hydrogen) atoms. The number of unbranched alkanes of at least 4 members (excludes halogenated alkanes) is 1. The highest BCUT2D eigenvalue weighted by molar-refractivity contribution is 7.88. The van der Waals surface area contributed by atoms with E-state index in [4.69, 9.17) is 0 Å². The van der Waals surface area contributed by atoms with Crippen LogP contribution in [-0.4, -0.2) is 13.9 Å². The third-order valence-electron chi connectivity index (χ3n) is 3.24. The van der Waals surface area contributed by atoms with E-state index in [0.29, 0.717) is 22.8 Å². The van der Waals surface area contributed by atoms with E-state index in [9.17, 15) is 21.6 Å². The average Bonchev–Trinajstić information content (AvgIpc) is 2.45. The molecule has 0 radical (unpaired) electrons. The first-order valence-electron chi connectivity index (χ1n) is 6.77. The van der Waals surface area contributed by atoms with Crippen LogP contribution in [0.25, 0.3) is 10.8 Å². The molecule has 0 saturated carbocycles. The summed E-state index contributed by atoms with van der Waals surface area (Å²) >= 11 is 0. The van der Waals surface area contributed by atoms with Crippen molar-refractivity contribution in [3.63, 3.8) is 0 Å². The van der Waals surface area contributed by atoms with Gasteiger partial charge < -0.3 is 4.18 Å². The Labute approximate surface area is 126 Å². The van der Waals surface area contributed by atoms with Crippen molar-refractivity contribution in [2.75, 3.05) is 0 Å². The minimum absolute atomic E-state index is 0.233. The average molecular weight is 332 g/mol. The SMILES string of the molecule is CCCCc1ccc2ccccc2c1OS(=O)(=O)C(F)(F)F. The Morgan fingerprint density at radius 2 is 1.77 bits per heavy atom. The summed E-state index contributed by atoms with van der Waals surface area (Å²) in [5.74, 6) is -0.233. The summed E-state index contributed by atoms with van der Waals surface area (Å²) in [6.07, 6.45) is 2.00. The van der Waals surface area contributed by atoms with Crippen LogP contribution in [-0.2, 0) is 16.5 Å². The lowest BCUT2D eigenvalue weighted by Gasteiger charge is -2.15. The fraction of sp³-hybridized carbons (Fsp3) is 0.333. The van der Waals surface area contributed by atoms with Crippen molar-refractivity contribution in [2.45, 2.75) is 31.7 Å². The molecule has 0 heterocycles. The summed E-state index contributed by atoms with van der Waals surface area (Å²) in [6, 6.07) is 9.93. The molecular weight excluding hydrogens is 317 g/mol. The maximum absolute atomic E-state index is 12.6. The van der Waals surface area contributed by atoms with E-state index in [1.54, 1.807) is 36.4 Å². The first-order valence-corrected chi connectivity index (χ1v) is 8.18. The zero-order valence-corrected chi connectivity index (χ0v) is 12.7. The molecule has 3 nitrogen and oxygen atoms in total. The van der Waals surface area contributed by atoms with E-state index >= 15 is 0 Å². The van der Waals surface area contributed by atoms with Crippen molar-refractivity contribution in [3.8, 4) is 5.75 Å². The smallest absolute Gasteiger partial charge is 0.375 e. The zero-order valence-electron chi connectivity index (χ0n) is 11.9. The Kier molecular flexibility index (Phi) is 4.65. The molecule has 0 bridgehead atoms. The highest BCUT2D eigenvalue weighted by atomic mass is 32.2. The minimum Gasteiger partial charge on any atom is -0.375 e. The Bertz CT molecular complexity index is 767. The monoisotopic (exact) mass is 332 g/mol. The number of aryl methyl sites for hydroxylation is 1. The molecule has 0 N–H and O–H groups in total. The van der Waals surface area contributed by atoms with E-state index in [1.165, 1.54) is 0 Å². The van der Waals surface area contributed by atoms with Gasteiger partial charge in [-0.25, -0.2) is 0 Å². The largest absolute Gasteiger partial charge is 0.534 e. The third-order valence-corrected chi connectivity index (χ3v) is 4.19. The van der Waals surface area contributed by atoms with Gasteiger partial charge in [-0.2, -0.15) is 21.6 Å². The summed E-state index contributed by atoms with van der Waals surface area (Å²) in [6.45, 7) is 1.94. The van der Waals surface area contributed by atoms with Gasteiger partial charge >= 0.3 is 15.6 Å². The van der Waals surface area contributed by atoms with Crippen molar-refractivity contribution in [2.24, 2.45) is 0 Å². The van der Waals surface area contributed by atoms with Crippen LogP contribution in [0.3, 0.4) is 0 Å². The van der Waals surface area contributed by atoms with Gasteiger partial charge in [-0.3, -0.25) is 0 Å². The summed E-state index contributed by atoms with van der Waals surface area (Å²) < 4.78 is 64.9. The van der Waals surface area contributed by atoms with Gasteiger partial charge in [0, 0.05) is 5.39 Å². The molecule has 2 rings (SSSR count). The second-order valence-corrected chi connectivity index (χ2v) is 6.40. The fourth-order valence-corrected chi connectivity index (χ4v) is 2.62. The van der Waals surface area contributed by atoms with Crippen LogP contribution < -0.4 is 4.18 Å². The lowest BCUT2D eigenvalue weighted by atomic mass is 10.0. The quantitative estimate of drug-likeness (QED) is 0.602. The van der Waals surface area contributed by atoms with Crippen LogP contribution in [0, 0.1) is 0 Å². The summed E-state index contributed by atoms with van der Waals surface area (Å²) in [5.41, 5.74) is -5.00. The molecule has 2 aromatic carbocycles. The predicted octanol–water partition coefficient (Wildman–Crippen LogP) is 4.41. The van der Waals surface area contributed by atoms with Crippen LogP contribution in [0.2, 0.25) is 0 Å². The van der Waals surface area contributed by atoms with Gasteiger partial charge in [-0.05, 0) is 23.8 Å². The first kappa shape index (κ1) is 16.6. The van der Waals surface area contributed by atoms with Gasteiger partial charge in [-0.15, -0.1) is 0 Å². The molecule has 120 valence electrons. The van der Waals surface area contributed by atoms with Gasteiger partial charge in [0.05, 0.1) is 0 Å². The van der Waals surface area contributed by atoms with Gasteiger partial charge in [0.1, 0.15) is 0 Å². The summed E-state index contributed by atoms with van der Waals surface area (Å²) in [5, 5.41) is 0.971. The van der Waals surface area contributed by atoms with Crippen LogP contribution in [0.4, 0.5) is 13.2 Å². The number of benzene rings is 2. The van der Waals surface area contributed by atoms with Crippen molar-refractivity contribution in [1.29, 1.82) is 0 Å². The van der Waals surface area contributed by atoms with Crippen molar-refractivity contribution >= 4 is 20.9 Å². The minimum atomic E-state index is -5.69. The molecule has 0 aliphatic carbocycles. The molecular formula is C15H15F3O3S. The van der Waals surface area contributed by atoms with Crippen molar-refractivity contribution < 1.29 is 25.8 Å². The molecule has 0 saturated heterocycles. The number of hydrogen-bond acceptors (Lipinski definition) is 3. The van der Waals surface area contributed by atoms with Gasteiger partial charge in [0.15, 0.2) is 5.75 Å². The van der Waals surface area contributed by atoms with Gasteiger partial charge in [-0.1, -0.05) is 49.7 Å². The van der Waals surface area contributed by atoms with Gasteiger partial charge in [0.25, 0.3) is 0 Å². The maximum atomic E-state index is 12.6. The second-order valence-electron chi connectivity index (χ2n) is 4.86. The normalized spacial score (nSPS) is 12.5. The molecule has 0 spiro atoms. The molecule has 0 atom stereocenters. The van der Waals surface area contributed by atoms with E-state index in [0.717, 1.165) is 12.8 Å². The molecule has 0 fully saturated rings. The van der Waals surface area contributed by atoms with Crippen LogP contribution in [0.15, 0.2) is 36.4 Å². The predicted molar refractivity (Wildman–Crippen MR) is 78.2 cm³/mol. The highest BCUT2D eigenvalue weighted by Crippen LogP contribution is 2.35. The molecule has 2 aromatic rings. The highest BCUT2D eigenvalue weighted by Gasteiger charge is 2.49. The number of alkyl halides is 3. The summed E-state index contributed by atoms with van der Waals surface area (Å²) in [4.78, 5) is 0. The Balaban J connectivity index is 2.57. The second kappa shape index (κ2) is 6.16. The number of fused-ring (bicyclic) bond motifs is 1. The summed E-state index contributed by atoms with van der Waals surface area (Å²) in [7, 11) is -5.69. The first-order chi connectivity index (χ1) is 10.3. The lowest BCUT2D eigenvalue weighted by Crippen LogP contribution is -2.28. The Morgan fingerprint density at radius 3 is 2.41 bits per heavy atom. The Hall–Kier alpha value is -1.76. The maximum Gasteiger partial charge on any atom is 0.534 e. The fourth-order valence-electron chi connectivity index (χ4n) is 2.11. The number of rotatable bonds is 5. The van der Waals surface area contributed by atoms with E-state index in [2.05, 4.69) is 4.18 Å². The Morgan fingerprint density at radius 1 is 1.09 bits per heavy atom. The standard InChI is InChI=1S/C15H15F3O3S/c1-2-3-6-12-10-9-11-7-4-5-8-13(11)14(12)21-22(19,20)15(16,17)18/h4-5,7-10H,2-3,6H2,1H3. The topological polar surface area (TPSA) is 43.4 Å². The van der Waals surface area contributed by atoms with Crippen LogP contribution in [0.1, 0.15) is 25.3 Å². The number of hydrogen-bond donors (Lipinski definition) is 0. The van der Waals surface area contributed by atoms with E-state index in [1.807, 2.05) is 6.92 Å². The molecule has 0 aliphatic heterocycles.